The molecule has 1 aliphatic rings. The van der Waals surface area contributed by atoms with E-state index in [0.717, 1.165) is 25.7 Å². The number of ether oxygens (including phenoxy) is 1. The van der Waals surface area contributed by atoms with Crippen LogP contribution in [0.15, 0.2) is 0 Å². The molecule has 18 heavy (non-hydrogen) atoms. The minimum Gasteiger partial charge on any atom is -0.389 e. The molecule has 0 aromatic carbocycles. The maximum Gasteiger partial charge on any atom is 0.237 e. The van der Waals surface area contributed by atoms with E-state index < -0.39 is 6.10 Å². The third kappa shape index (κ3) is 6.93. The van der Waals surface area contributed by atoms with Gasteiger partial charge in [-0.3, -0.25) is 4.79 Å². The first-order chi connectivity index (χ1) is 8.63. The fraction of sp³-hybridized carbons (Fsp3) is 0.923. The smallest absolute Gasteiger partial charge is 0.237 e. The van der Waals surface area contributed by atoms with Crippen LogP contribution in [0.3, 0.4) is 0 Å². The van der Waals surface area contributed by atoms with Crippen LogP contribution in [-0.2, 0) is 9.53 Å². The van der Waals surface area contributed by atoms with Crippen LogP contribution in [0.1, 0.15) is 39.5 Å². The van der Waals surface area contributed by atoms with Gasteiger partial charge < -0.3 is 20.5 Å². The molecule has 2 atom stereocenters. The molecule has 3 N–H and O–H groups in total. The maximum absolute atomic E-state index is 11.6. The summed E-state index contributed by atoms with van der Waals surface area (Å²) in [6, 6.07) is 0.111. The minimum atomic E-state index is -0.557. The summed E-state index contributed by atoms with van der Waals surface area (Å²) in [6.07, 6.45) is 3.73. The first kappa shape index (κ1) is 15.4. The zero-order valence-corrected chi connectivity index (χ0v) is 11.4. The highest BCUT2D eigenvalue weighted by molar-refractivity contribution is 5.81. The Bertz CT molecular complexity index is 244. The van der Waals surface area contributed by atoms with E-state index in [9.17, 15) is 9.90 Å². The van der Waals surface area contributed by atoms with E-state index in [1.807, 2.05) is 6.92 Å². The molecule has 1 aliphatic carbocycles. The lowest BCUT2D eigenvalue weighted by Crippen LogP contribution is -2.46. The van der Waals surface area contributed by atoms with Crippen molar-refractivity contribution in [2.24, 2.45) is 0 Å². The van der Waals surface area contributed by atoms with Gasteiger partial charge in [0.2, 0.25) is 5.91 Å². The lowest BCUT2D eigenvalue weighted by atomic mass is 10.3. The van der Waals surface area contributed by atoms with Gasteiger partial charge in [0, 0.05) is 19.2 Å². The maximum atomic E-state index is 11.6. The van der Waals surface area contributed by atoms with Gasteiger partial charge in [-0.15, -0.1) is 0 Å². The number of aliphatic hydroxyl groups is 1. The topological polar surface area (TPSA) is 70.6 Å². The SMILES string of the molecule is CCCCOCC(O)CNC(C)C(=O)NC1CC1. The van der Waals surface area contributed by atoms with Gasteiger partial charge in [-0.25, -0.2) is 0 Å². The number of hydrogen-bond acceptors (Lipinski definition) is 4. The number of carbonyl (C=O) groups excluding carboxylic acids is 1. The number of hydrogen-bond donors (Lipinski definition) is 3. The van der Waals surface area contributed by atoms with Gasteiger partial charge >= 0.3 is 0 Å². The molecular weight excluding hydrogens is 232 g/mol. The average molecular weight is 258 g/mol. The highest BCUT2D eigenvalue weighted by atomic mass is 16.5. The van der Waals surface area contributed by atoms with E-state index in [0.29, 0.717) is 25.8 Å². The van der Waals surface area contributed by atoms with Gasteiger partial charge in [0.15, 0.2) is 0 Å². The lowest BCUT2D eigenvalue weighted by Gasteiger charge is -2.17. The quantitative estimate of drug-likeness (QED) is 0.497. The normalized spacial score (nSPS) is 18.4. The van der Waals surface area contributed by atoms with E-state index >= 15 is 0 Å². The van der Waals surface area contributed by atoms with E-state index in [4.69, 9.17) is 4.74 Å². The monoisotopic (exact) mass is 258 g/mol. The molecular formula is C13H26N2O3. The van der Waals surface area contributed by atoms with E-state index in [1.54, 1.807) is 0 Å². The fourth-order valence-electron chi connectivity index (χ4n) is 1.48. The van der Waals surface area contributed by atoms with Crippen LogP contribution in [-0.4, -0.2) is 49.0 Å². The van der Waals surface area contributed by atoms with Crippen molar-refractivity contribution in [3.63, 3.8) is 0 Å². The molecule has 0 saturated heterocycles. The Hall–Kier alpha value is -0.650. The molecule has 0 heterocycles. The second-order valence-corrected chi connectivity index (χ2v) is 5.00. The highest BCUT2D eigenvalue weighted by Gasteiger charge is 2.25. The molecule has 1 rings (SSSR count). The molecule has 0 radical (unpaired) electrons. The highest BCUT2D eigenvalue weighted by Crippen LogP contribution is 2.18. The lowest BCUT2D eigenvalue weighted by molar-refractivity contribution is -0.123. The van der Waals surface area contributed by atoms with Crippen LogP contribution in [0, 0.1) is 0 Å². The summed E-state index contributed by atoms with van der Waals surface area (Å²) in [7, 11) is 0. The van der Waals surface area contributed by atoms with Gasteiger partial charge in [-0.05, 0) is 26.2 Å². The summed E-state index contributed by atoms with van der Waals surface area (Å²) < 4.78 is 5.31. The summed E-state index contributed by atoms with van der Waals surface area (Å²) >= 11 is 0. The fourth-order valence-corrected chi connectivity index (χ4v) is 1.48. The largest absolute Gasteiger partial charge is 0.389 e. The number of amides is 1. The molecule has 0 spiro atoms. The average Bonchev–Trinajstić information content (AvgIpc) is 3.15. The standard InChI is InChI=1S/C13H26N2O3/c1-3-4-7-18-9-12(16)8-14-10(2)13(17)15-11-5-6-11/h10-12,14,16H,3-9H2,1-2H3,(H,15,17). The molecule has 2 unspecified atom stereocenters. The van der Waals surface area contributed by atoms with Crippen LogP contribution >= 0.6 is 0 Å². The number of aliphatic hydroxyl groups excluding tert-OH is 1. The summed E-state index contributed by atoms with van der Waals surface area (Å²) in [5.41, 5.74) is 0. The molecule has 0 aromatic heterocycles. The van der Waals surface area contributed by atoms with Crippen molar-refractivity contribution in [1.82, 2.24) is 10.6 Å². The number of unbranched alkanes of at least 4 members (excludes halogenated alkanes) is 1. The Morgan fingerprint density at radius 2 is 2.22 bits per heavy atom. The summed E-state index contributed by atoms with van der Waals surface area (Å²) in [6.45, 7) is 5.30. The van der Waals surface area contributed by atoms with Crippen molar-refractivity contribution >= 4 is 5.91 Å². The minimum absolute atomic E-state index is 0.0107. The predicted octanol–water partition coefficient (Wildman–Crippen LogP) is 0.421. The van der Waals surface area contributed by atoms with Crippen LogP contribution in [0.25, 0.3) is 0 Å². The van der Waals surface area contributed by atoms with Crippen LogP contribution < -0.4 is 10.6 Å². The van der Waals surface area contributed by atoms with E-state index in [2.05, 4.69) is 17.6 Å². The molecule has 106 valence electrons. The Balaban J connectivity index is 2.01. The van der Waals surface area contributed by atoms with Crippen LogP contribution in [0.5, 0.6) is 0 Å². The number of nitrogens with one attached hydrogen (secondary N) is 2. The number of rotatable bonds is 10. The second-order valence-electron chi connectivity index (χ2n) is 5.00. The van der Waals surface area contributed by atoms with Gasteiger partial charge in [0.05, 0.1) is 18.8 Å². The van der Waals surface area contributed by atoms with E-state index in [1.165, 1.54) is 0 Å². The van der Waals surface area contributed by atoms with Gasteiger partial charge in [0.25, 0.3) is 0 Å². The second kappa shape index (κ2) is 8.45. The van der Waals surface area contributed by atoms with Crippen LogP contribution in [0.4, 0.5) is 0 Å². The molecule has 5 heteroatoms. The van der Waals surface area contributed by atoms with Gasteiger partial charge in [0.1, 0.15) is 0 Å². The van der Waals surface area contributed by atoms with Crippen molar-refractivity contribution in [1.29, 1.82) is 0 Å². The summed E-state index contributed by atoms with van der Waals surface area (Å²) in [5, 5.41) is 15.6. The van der Waals surface area contributed by atoms with Crippen molar-refractivity contribution in [2.75, 3.05) is 19.8 Å². The Labute approximate surface area is 109 Å². The first-order valence-electron chi connectivity index (χ1n) is 6.93. The molecule has 1 amide bonds. The Morgan fingerprint density at radius 3 is 2.83 bits per heavy atom. The predicted molar refractivity (Wildman–Crippen MR) is 70.4 cm³/mol. The zero-order valence-electron chi connectivity index (χ0n) is 11.4. The third-order valence-electron chi connectivity index (χ3n) is 2.93. The van der Waals surface area contributed by atoms with Crippen LogP contribution in [0.2, 0.25) is 0 Å². The molecule has 1 saturated carbocycles. The van der Waals surface area contributed by atoms with E-state index in [-0.39, 0.29) is 11.9 Å². The first-order valence-corrected chi connectivity index (χ1v) is 6.93. The molecule has 0 aromatic rings. The van der Waals surface area contributed by atoms with Gasteiger partial charge in [-0.1, -0.05) is 13.3 Å². The summed E-state index contributed by atoms with van der Waals surface area (Å²) in [5.74, 6) is 0.0107. The molecule has 1 fully saturated rings. The van der Waals surface area contributed by atoms with Crippen molar-refractivity contribution in [3.05, 3.63) is 0 Å². The van der Waals surface area contributed by atoms with Crippen molar-refractivity contribution < 1.29 is 14.6 Å². The van der Waals surface area contributed by atoms with Crippen molar-refractivity contribution in [2.45, 2.75) is 57.7 Å². The molecule has 5 nitrogen and oxygen atoms in total. The Kier molecular flexibility index (Phi) is 7.23. The van der Waals surface area contributed by atoms with Crippen molar-refractivity contribution in [3.8, 4) is 0 Å². The number of carbonyl (C=O) groups is 1. The molecule has 0 aliphatic heterocycles. The third-order valence-corrected chi connectivity index (χ3v) is 2.93. The zero-order chi connectivity index (χ0) is 13.4. The molecule has 0 bridgehead atoms. The Morgan fingerprint density at radius 1 is 1.50 bits per heavy atom. The van der Waals surface area contributed by atoms with Gasteiger partial charge in [-0.2, -0.15) is 0 Å². The summed E-state index contributed by atoms with van der Waals surface area (Å²) in [4.78, 5) is 11.6.